The van der Waals surface area contributed by atoms with Crippen LogP contribution in [0, 0.1) is 0 Å². The molecule has 0 aliphatic heterocycles. The summed E-state index contributed by atoms with van der Waals surface area (Å²) in [6.45, 7) is 4.54. The highest BCUT2D eigenvalue weighted by Gasteiger charge is 2.31. The lowest BCUT2D eigenvalue weighted by atomic mass is 10.1. The Morgan fingerprint density at radius 2 is 2.05 bits per heavy atom. The Morgan fingerprint density at radius 1 is 1.42 bits per heavy atom. The fourth-order valence-electron chi connectivity index (χ4n) is 2.09. The van der Waals surface area contributed by atoms with Gasteiger partial charge in [-0.3, -0.25) is 4.79 Å². The first kappa shape index (κ1) is 13.9. The van der Waals surface area contributed by atoms with Crippen LogP contribution >= 0.6 is 0 Å². The summed E-state index contributed by atoms with van der Waals surface area (Å²) >= 11 is 0. The standard InChI is InChI=1S/C15H21NO3/c1-3-16(13-6-7-13)15(18)10-19-14-8-4-12(5-9-14)11(2)17/h4-5,8-9,11,13,17H,3,6-7,10H2,1-2H3/t11-/m1/s1. The Balaban J connectivity index is 1.85. The van der Waals surface area contributed by atoms with E-state index in [1.165, 1.54) is 0 Å². The molecule has 0 spiro atoms. The van der Waals surface area contributed by atoms with E-state index < -0.39 is 6.10 Å². The molecular formula is C15H21NO3. The fourth-order valence-corrected chi connectivity index (χ4v) is 2.09. The van der Waals surface area contributed by atoms with E-state index in [0.717, 1.165) is 24.9 Å². The molecule has 1 fully saturated rings. The molecule has 4 heteroatoms. The number of rotatable bonds is 6. The minimum absolute atomic E-state index is 0.0459. The molecule has 0 radical (unpaired) electrons. The Labute approximate surface area is 114 Å². The molecule has 2 rings (SSSR count). The zero-order valence-corrected chi connectivity index (χ0v) is 11.5. The first-order valence-electron chi connectivity index (χ1n) is 6.82. The van der Waals surface area contributed by atoms with Crippen molar-refractivity contribution in [3.63, 3.8) is 0 Å². The van der Waals surface area contributed by atoms with Crippen LogP contribution in [-0.4, -0.2) is 35.1 Å². The fraction of sp³-hybridized carbons (Fsp3) is 0.533. The monoisotopic (exact) mass is 263 g/mol. The lowest BCUT2D eigenvalue weighted by Gasteiger charge is -2.20. The summed E-state index contributed by atoms with van der Waals surface area (Å²) in [6, 6.07) is 7.61. The van der Waals surface area contributed by atoms with Crippen LogP contribution in [0.4, 0.5) is 0 Å². The van der Waals surface area contributed by atoms with Gasteiger partial charge in [-0.2, -0.15) is 0 Å². The van der Waals surface area contributed by atoms with Gasteiger partial charge in [0.1, 0.15) is 5.75 Å². The van der Waals surface area contributed by atoms with Crippen LogP contribution in [0.15, 0.2) is 24.3 Å². The van der Waals surface area contributed by atoms with Crippen molar-refractivity contribution in [2.75, 3.05) is 13.2 Å². The maximum Gasteiger partial charge on any atom is 0.260 e. The van der Waals surface area contributed by atoms with E-state index in [0.29, 0.717) is 11.8 Å². The Hall–Kier alpha value is -1.55. The van der Waals surface area contributed by atoms with E-state index in [2.05, 4.69) is 0 Å². The minimum Gasteiger partial charge on any atom is -0.484 e. The van der Waals surface area contributed by atoms with Gasteiger partial charge in [0, 0.05) is 12.6 Å². The average Bonchev–Trinajstić information content (AvgIpc) is 3.22. The lowest BCUT2D eigenvalue weighted by Crippen LogP contribution is -2.36. The van der Waals surface area contributed by atoms with Crippen LogP contribution in [0.1, 0.15) is 38.4 Å². The maximum atomic E-state index is 12.0. The lowest BCUT2D eigenvalue weighted by molar-refractivity contribution is -0.133. The zero-order valence-electron chi connectivity index (χ0n) is 11.5. The van der Waals surface area contributed by atoms with Gasteiger partial charge in [0.25, 0.3) is 5.91 Å². The third kappa shape index (κ3) is 3.70. The summed E-state index contributed by atoms with van der Waals surface area (Å²) in [6.07, 6.45) is 1.74. The van der Waals surface area contributed by atoms with Crippen LogP contribution in [0.25, 0.3) is 0 Å². The van der Waals surface area contributed by atoms with Crippen LogP contribution in [0.2, 0.25) is 0 Å². The third-order valence-electron chi connectivity index (χ3n) is 3.37. The molecule has 19 heavy (non-hydrogen) atoms. The molecule has 0 aromatic heterocycles. The van der Waals surface area contributed by atoms with Gasteiger partial charge in [-0.05, 0) is 44.4 Å². The molecule has 1 aromatic carbocycles. The molecule has 0 heterocycles. The molecule has 1 aliphatic carbocycles. The summed E-state index contributed by atoms with van der Waals surface area (Å²) in [7, 11) is 0. The predicted molar refractivity (Wildman–Crippen MR) is 73.0 cm³/mol. The summed E-state index contributed by atoms with van der Waals surface area (Å²) in [5.41, 5.74) is 0.840. The van der Waals surface area contributed by atoms with Crippen molar-refractivity contribution < 1.29 is 14.6 Å². The molecule has 104 valence electrons. The molecule has 1 aromatic rings. The SMILES string of the molecule is CCN(C(=O)COc1ccc([C@@H](C)O)cc1)C1CC1. The van der Waals surface area contributed by atoms with Crippen molar-refractivity contribution >= 4 is 5.91 Å². The Kier molecular flexibility index (Phi) is 4.43. The second kappa shape index (κ2) is 6.06. The first-order chi connectivity index (χ1) is 9.11. The number of hydrogen-bond donors (Lipinski definition) is 1. The van der Waals surface area contributed by atoms with Gasteiger partial charge in [0.15, 0.2) is 6.61 Å². The second-order valence-electron chi connectivity index (χ2n) is 4.94. The highest BCUT2D eigenvalue weighted by atomic mass is 16.5. The maximum absolute atomic E-state index is 12.0. The Morgan fingerprint density at radius 3 is 2.53 bits per heavy atom. The molecule has 1 aliphatic rings. The van der Waals surface area contributed by atoms with Gasteiger partial charge >= 0.3 is 0 Å². The molecule has 1 N–H and O–H groups in total. The van der Waals surface area contributed by atoms with E-state index in [1.54, 1.807) is 19.1 Å². The average molecular weight is 263 g/mol. The van der Waals surface area contributed by atoms with Gasteiger partial charge < -0.3 is 14.7 Å². The number of nitrogens with zero attached hydrogens (tertiary/aromatic N) is 1. The molecule has 0 unspecified atom stereocenters. The summed E-state index contributed by atoms with van der Waals surface area (Å²) in [5, 5.41) is 9.40. The van der Waals surface area contributed by atoms with Gasteiger partial charge in [0.2, 0.25) is 0 Å². The van der Waals surface area contributed by atoms with Gasteiger partial charge in [0.05, 0.1) is 6.10 Å². The number of aliphatic hydroxyl groups excluding tert-OH is 1. The van der Waals surface area contributed by atoms with E-state index in [1.807, 2.05) is 24.0 Å². The van der Waals surface area contributed by atoms with E-state index >= 15 is 0 Å². The number of hydrogen-bond acceptors (Lipinski definition) is 3. The number of carbonyl (C=O) groups excluding carboxylic acids is 1. The molecule has 4 nitrogen and oxygen atoms in total. The smallest absolute Gasteiger partial charge is 0.260 e. The van der Waals surface area contributed by atoms with Crippen LogP contribution in [0.5, 0.6) is 5.75 Å². The number of likely N-dealkylation sites (N-methyl/N-ethyl adjacent to an activating group) is 1. The van der Waals surface area contributed by atoms with Gasteiger partial charge in [-0.15, -0.1) is 0 Å². The molecule has 1 saturated carbocycles. The zero-order chi connectivity index (χ0) is 13.8. The summed E-state index contributed by atoms with van der Waals surface area (Å²) in [4.78, 5) is 13.8. The second-order valence-corrected chi connectivity index (χ2v) is 4.94. The number of ether oxygens (including phenoxy) is 1. The van der Waals surface area contributed by atoms with Crippen molar-refractivity contribution in [2.24, 2.45) is 0 Å². The van der Waals surface area contributed by atoms with Crippen LogP contribution in [0.3, 0.4) is 0 Å². The highest BCUT2D eigenvalue weighted by molar-refractivity contribution is 5.78. The predicted octanol–water partition coefficient (Wildman–Crippen LogP) is 2.13. The van der Waals surface area contributed by atoms with Gasteiger partial charge in [-0.25, -0.2) is 0 Å². The Bertz CT molecular complexity index is 424. The normalized spacial score (nSPS) is 15.9. The van der Waals surface area contributed by atoms with E-state index in [4.69, 9.17) is 4.74 Å². The largest absolute Gasteiger partial charge is 0.484 e. The van der Waals surface area contributed by atoms with Crippen molar-refractivity contribution in [1.82, 2.24) is 4.90 Å². The first-order valence-corrected chi connectivity index (χ1v) is 6.82. The van der Waals surface area contributed by atoms with Crippen molar-refractivity contribution in [3.05, 3.63) is 29.8 Å². The van der Waals surface area contributed by atoms with Crippen molar-refractivity contribution in [2.45, 2.75) is 38.8 Å². The van der Waals surface area contributed by atoms with E-state index in [9.17, 15) is 9.90 Å². The molecule has 1 amide bonds. The quantitative estimate of drug-likeness (QED) is 0.855. The summed E-state index contributed by atoms with van der Waals surface area (Å²) < 4.78 is 5.49. The van der Waals surface area contributed by atoms with Crippen molar-refractivity contribution in [3.8, 4) is 5.75 Å². The van der Waals surface area contributed by atoms with Crippen LogP contribution in [-0.2, 0) is 4.79 Å². The van der Waals surface area contributed by atoms with Crippen molar-refractivity contribution in [1.29, 1.82) is 0 Å². The molecule has 1 atom stereocenters. The van der Waals surface area contributed by atoms with Crippen LogP contribution < -0.4 is 4.74 Å². The minimum atomic E-state index is -0.485. The number of amides is 1. The van der Waals surface area contributed by atoms with Gasteiger partial charge in [-0.1, -0.05) is 12.1 Å². The number of aliphatic hydroxyl groups is 1. The number of carbonyl (C=O) groups is 1. The number of benzene rings is 1. The molecule has 0 bridgehead atoms. The molecular weight excluding hydrogens is 242 g/mol. The summed E-state index contributed by atoms with van der Waals surface area (Å²) in [5.74, 6) is 0.703. The highest BCUT2D eigenvalue weighted by Crippen LogP contribution is 2.26. The topological polar surface area (TPSA) is 49.8 Å². The van der Waals surface area contributed by atoms with E-state index in [-0.39, 0.29) is 12.5 Å². The third-order valence-corrected chi connectivity index (χ3v) is 3.37. The molecule has 0 saturated heterocycles.